The molecule has 2 atom stereocenters. The molecular weight excluding hydrogens is 318 g/mol. The van der Waals surface area contributed by atoms with Crippen molar-refractivity contribution in [2.75, 3.05) is 40.3 Å². The van der Waals surface area contributed by atoms with Crippen LogP contribution < -0.4 is 4.74 Å². The third-order valence-corrected chi connectivity index (χ3v) is 5.78. The van der Waals surface area contributed by atoms with Gasteiger partial charge in [0.1, 0.15) is 5.75 Å². The lowest BCUT2D eigenvalue weighted by atomic mass is 9.89. The molecule has 3 aliphatic rings. The molecule has 25 heavy (non-hydrogen) atoms. The maximum absolute atomic E-state index is 12.6. The van der Waals surface area contributed by atoms with Crippen molar-refractivity contribution in [3.8, 4) is 5.75 Å². The Balaban J connectivity index is 1.49. The lowest BCUT2D eigenvalue weighted by Crippen LogP contribution is -2.53. The molecule has 2 fully saturated rings. The molecule has 4 rings (SSSR count). The van der Waals surface area contributed by atoms with E-state index < -0.39 is 0 Å². The van der Waals surface area contributed by atoms with Crippen LogP contribution in [0.3, 0.4) is 0 Å². The van der Waals surface area contributed by atoms with Crippen LogP contribution >= 0.6 is 0 Å². The maximum atomic E-state index is 12.6. The molecular formula is C19H25N3O3. The van der Waals surface area contributed by atoms with Gasteiger partial charge in [0.25, 0.3) is 0 Å². The number of likely N-dealkylation sites (N-methyl/N-ethyl adjacent to an activating group) is 2. The lowest BCUT2D eigenvalue weighted by Gasteiger charge is -2.40. The van der Waals surface area contributed by atoms with E-state index in [0.717, 1.165) is 44.8 Å². The minimum Gasteiger partial charge on any atom is -0.493 e. The third kappa shape index (κ3) is 2.99. The van der Waals surface area contributed by atoms with Crippen LogP contribution in [0.1, 0.15) is 17.5 Å². The van der Waals surface area contributed by atoms with Crippen molar-refractivity contribution in [2.45, 2.75) is 25.4 Å². The minimum absolute atomic E-state index is 0.0277. The highest BCUT2D eigenvalue weighted by Gasteiger charge is 2.42. The average Bonchev–Trinajstić information content (AvgIpc) is 3.05. The quantitative estimate of drug-likeness (QED) is 0.795. The number of benzene rings is 1. The van der Waals surface area contributed by atoms with Gasteiger partial charge in [-0.1, -0.05) is 12.1 Å². The number of rotatable bonds is 2. The van der Waals surface area contributed by atoms with Gasteiger partial charge in [-0.3, -0.25) is 14.5 Å². The van der Waals surface area contributed by atoms with E-state index in [0.29, 0.717) is 0 Å². The standard InChI is InChI=1S/C19H25N3O3/c1-20-12-18(23)21(2)16-11-22(7-5-15(16)19(20)24)10-13-3-4-17-14(9-13)6-8-25-17/h3-4,9,15-16H,5-8,10-12H2,1-2H3/t15-,16+/m0/s1. The summed E-state index contributed by atoms with van der Waals surface area (Å²) in [6.07, 6.45) is 1.78. The van der Waals surface area contributed by atoms with Gasteiger partial charge in [-0.05, 0) is 30.2 Å². The van der Waals surface area contributed by atoms with Gasteiger partial charge in [0.15, 0.2) is 0 Å². The van der Waals surface area contributed by atoms with E-state index in [1.807, 2.05) is 7.05 Å². The number of likely N-dealkylation sites (tertiary alicyclic amines) is 1. The zero-order valence-electron chi connectivity index (χ0n) is 14.9. The smallest absolute Gasteiger partial charge is 0.242 e. The van der Waals surface area contributed by atoms with Gasteiger partial charge >= 0.3 is 0 Å². The normalized spacial score (nSPS) is 27.0. The van der Waals surface area contributed by atoms with E-state index in [-0.39, 0.29) is 30.3 Å². The largest absolute Gasteiger partial charge is 0.493 e. The first-order valence-electron chi connectivity index (χ1n) is 9.00. The zero-order valence-corrected chi connectivity index (χ0v) is 14.9. The average molecular weight is 343 g/mol. The Morgan fingerprint density at radius 3 is 2.92 bits per heavy atom. The molecule has 0 unspecified atom stereocenters. The fourth-order valence-corrected chi connectivity index (χ4v) is 4.28. The predicted molar refractivity (Wildman–Crippen MR) is 93.2 cm³/mol. The number of piperidine rings is 1. The van der Waals surface area contributed by atoms with Crippen molar-refractivity contribution in [3.63, 3.8) is 0 Å². The maximum Gasteiger partial charge on any atom is 0.242 e. The monoisotopic (exact) mass is 343 g/mol. The van der Waals surface area contributed by atoms with Crippen molar-refractivity contribution in [2.24, 2.45) is 5.92 Å². The number of nitrogens with zero attached hydrogens (tertiary/aromatic N) is 3. The molecule has 0 radical (unpaired) electrons. The van der Waals surface area contributed by atoms with Gasteiger partial charge in [-0.15, -0.1) is 0 Å². The summed E-state index contributed by atoms with van der Waals surface area (Å²) in [6.45, 7) is 3.45. The van der Waals surface area contributed by atoms with Gasteiger partial charge in [0.05, 0.1) is 25.1 Å². The number of carbonyl (C=O) groups is 2. The summed E-state index contributed by atoms with van der Waals surface area (Å²) in [5.41, 5.74) is 2.56. The summed E-state index contributed by atoms with van der Waals surface area (Å²) in [5.74, 6) is 1.06. The van der Waals surface area contributed by atoms with Gasteiger partial charge in [-0.25, -0.2) is 0 Å². The van der Waals surface area contributed by atoms with Crippen molar-refractivity contribution in [1.29, 1.82) is 0 Å². The van der Waals surface area contributed by atoms with Crippen molar-refractivity contribution >= 4 is 11.8 Å². The molecule has 1 aromatic carbocycles. The summed E-state index contributed by atoms with van der Waals surface area (Å²) in [5, 5.41) is 0. The number of hydrogen-bond donors (Lipinski definition) is 0. The second kappa shape index (κ2) is 6.33. The van der Waals surface area contributed by atoms with Crippen LogP contribution in [-0.4, -0.2) is 72.9 Å². The molecule has 0 bridgehead atoms. The van der Waals surface area contributed by atoms with Crippen LogP contribution in [0.2, 0.25) is 0 Å². The Kier molecular flexibility index (Phi) is 4.15. The van der Waals surface area contributed by atoms with Gasteiger partial charge in [0.2, 0.25) is 11.8 Å². The van der Waals surface area contributed by atoms with E-state index in [4.69, 9.17) is 4.74 Å². The topological polar surface area (TPSA) is 53.1 Å². The molecule has 0 N–H and O–H groups in total. The van der Waals surface area contributed by atoms with E-state index in [2.05, 4.69) is 23.1 Å². The van der Waals surface area contributed by atoms with Gasteiger partial charge < -0.3 is 14.5 Å². The first-order valence-corrected chi connectivity index (χ1v) is 9.00. The number of hydrogen-bond acceptors (Lipinski definition) is 4. The van der Waals surface area contributed by atoms with Crippen LogP contribution in [0.5, 0.6) is 5.75 Å². The first-order chi connectivity index (χ1) is 12.0. The Bertz CT molecular complexity index is 705. The van der Waals surface area contributed by atoms with E-state index in [9.17, 15) is 9.59 Å². The zero-order chi connectivity index (χ0) is 17.6. The highest BCUT2D eigenvalue weighted by atomic mass is 16.5. The summed E-state index contributed by atoms with van der Waals surface area (Å²) >= 11 is 0. The van der Waals surface area contributed by atoms with Gasteiger partial charge in [-0.2, -0.15) is 0 Å². The van der Waals surface area contributed by atoms with E-state index in [1.54, 1.807) is 16.8 Å². The molecule has 2 saturated heterocycles. The fraction of sp³-hybridized carbons (Fsp3) is 0.579. The fourth-order valence-electron chi connectivity index (χ4n) is 4.28. The first kappa shape index (κ1) is 16.4. The van der Waals surface area contributed by atoms with E-state index >= 15 is 0 Å². The molecule has 6 heteroatoms. The third-order valence-electron chi connectivity index (χ3n) is 5.78. The number of fused-ring (bicyclic) bond motifs is 2. The van der Waals surface area contributed by atoms with Crippen molar-refractivity contribution in [1.82, 2.24) is 14.7 Å². The summed E-state index contributed by atoms with van der Waals surface area (Å²) < 4.78 is 5.58. The Morgan fingerprint density at radius 1 is 1.24 bits per heavy atom. The summed E-state index contributed by atoms with van der Waals surface area (Å²) in [4.78, 5) is 30.6. The van der Waals surface area contributed by atoms with Crippen LogP contribution in [0.4, 0.5) is 0 Å². The second-order valence-electron chi connectivity index (χ2n) is 7.44. The lowest BCUT2D eigenvalue weighted by molar-refractivity contribution is -0.136. The molecule has 0 saturated carbocycles. The molecule has 3 aliphatic heterocycles. The molecule has 0 aromatic heterocycles. The number of amides is 2. The molecule has 0 spiro atoms. The van der Waals surface area contributed by atoms with Crippen molar-refractivity contribution in [3.05, 3.63) is 29.3 Å². The predicted octanol–water partition coefficient (Wildman–Crippen LogP) is 0.742. The molecule has 0 aliphatic carbocycles. The van der Waals surface area contributed by atoms with Gasteiger partial charge in [0, 0.05) is 33.6 Å². The van der Waals surface area contributed by atoms with Crippen LogP contribution in [-0.2, 0) is 22.6 Å². The Labute approximate surface area is 148 Å². The second-order valence-corrected chi connectivity index (χ2v) is 7.44. The van der Waals surface area contributed by atoms with Crippen LogP contribution in [0.25, 0.3) is 0 Å². The molecule has 6 nitrogen and oxygen atoms in total. The molecule has 2 amide bonds. The number of carbonyl (C=O) groups excluding carboxylic acids is 2. The van der Waals surface area contributed by atoms with E-state index in [1.165, 1.54) is 11.1 Å². The molecule has 134 valence electrons. The minimum atomic E-state index is -0.0777. The number of ether oxygens (including phenoxy) is 1. The van der Waals surface area contributed by atoms with Crippen LogP contribution in [0.15, 0.2) is 18.2 Å². The SMILES string of the molecule is CN1CC(=O)N(C)[C@@H]2CN(Cc3ccc4c(c3)CCO4)CC[C@@H]2C1=O. The van der Waals surface area contributed by atoms with Crippen molar-refractivity contribution < 1.29 is 14.3 Å². The Hall–Kier alpha value is -2.08. The summed E-state index contributed by atoms with van der Waals surface area (Å²) in [6, 6.07) is 6.38. The van der Waals surface area contributed by atoms with Crippen LogP contribution in [0, 0.1) is 5.92 Å². The molecule has 3 heterocycles. The summed E-state index contributed by atoms with van der Waals surface area (Å²) in [7, 11) is 3.57. The Morgan fingerprint density at radius 2 is 2.08 bits per heavy atom. The highest BCUT2D eigenvalue weighted by molar-refractivity contribution is 5.89. The molecule has 1 aromatic rings. The highest BCUT2D eigenvalue weighted by Crippen LogP contribution is 2.29.